The number of pyridine rings is 1. The van der Waals surface area contributed by atoms with E-state index in [9.17, 15) is 0 Å². The van der Waals surface area contributed by atoms with Gasteiger partial charge in [0.15, 0.2) is 0 Å². The largest absolute Gasteiger partial charge is 0.303 e. The second-order valence-electron chi connectivity index (χ2n) is 6.17. The Balaban J connectivity index is 1.62. The minimum atomic E-state index is 0.666. The molecule has 1 saturated carbocycles. The van der Waals surface area contributed by atoms with Gasteiger partial charge >= 0.3 is 0 Å². The van der Waals surface area contributed by atoms with Crippen LogP contribution in [-0.2, 0) is 0 Å². The molecule has 0 amide bonds. The van der Waals surface area contributed by atoms with Crippen molar-refractivity contribution in [2.75, 3.05) is 19.6 Å². The molecule has 1 spiro atoms. The normalized spacial score (nSPS) is 33.1. The standard InChI is InChI=1S/C16H24N2/c1-2-18-12-9-16(13-18)7-3-14(4-8-16)15-5-10-17-11-6-15/h5-6,10-11,14H,2-4,7-9,12-13H2,1H3. The van der Waals surface area contributed by atoms with Crippen molar-refractivity contribution in [3.05, 3.63) is 30.1 Å². The van der Waals surface area contributed by atoms with Gasteiger partial charge in [0.05, 0.1) is 0 Å². The molecule has 3 rings (SSSR count). The van der Waals surface area contributed by atoms with Crippen LogP contribution in [0.2, 0.25) is 0 Å². The van der Waals surface area contributed by atoms with Gasteiger partial charge in [-0.05, 0) is 74.2 Å². The van der Waals surface area contributed by atoms with Crippen molar-refractivity contribution in [2.45, 2.75) is 44.9 Å². The third kappa shape index (κ3) is 2.31. The van der Waals surface area contributed by atoms with Crippen LogP contribution in [0.25, 0.3) is 0 Å². The van der Waals surface area contributed by atoms with Gasteiger partial charge in [0.2, 0.25) is 0 Å². The summed E-state index contributed by atoms with van der Waals surface area (Å²) in [5.41, 5.74) is 2.17. The maximum Gasteiger partial charge on any atom is 0.0270 e. The lowest BCUT2D eigenvalue weighted by molar-refractivity contribution is 0.175. The topological polar surface area (TPSA) is 16.1 Å². The zero-order valence-electron chi connectivity index (χ0n) is 11.4. The minimum absolute atomic E-state index is 0.666. The van der Waals surface area contributed by atoms with Crippen LogP contribution in [0.1, 0.15) is 50.5 Å². The first kappa shape index (κ1) is 12.2. The van der Waals surface area contributed by atoms with Crippen LogP contribution in [0.15, 0.2) is 24.5 Å². The summed E-state index contributed by atoms with van der Waals surface area (Å²) in [6, 6.07) is 4.41. The van der Waals surface area contributed by atoms with Gasteiger partial charge in [-0.2, -0.15) is 0 Å². The molecule has 2 heterocycles. The lowest BCUT2D eigenvalue weighted by Crippen LogP contribution is -2.30. The lowest BCUT2D eigenvalue weighted by Gasteiger charge is -2.37. The van der Waals surface area contributed by atoms with Gasteiger partial charge in [-0.3, -0.25) is 4.98 Å². The Morgan fingerprint density at radius 2 is 1.94 bits per heavy atom. The fraction of sp³-hybridized carbons (Fsp3) is 0.688. The van der Waals surface area contributed by atoms with E-state index in [1.165, 1.54) is 57.3 Å². The van der Waals surface area contributed by atoms with E-state index in [1.807, 2.05) is 12.4 Å². The molecule has 98 valence electrons. The molecular formula is C16H24N2. The summed E-state index contributed by atoms with van der Waals surface area (Å²) in [6.07, 6.45) is 10.9. The summed E-state index contributed by atoms with van der Waals surface area (Å²) >= 11 is 0. The number of hydrogen-bond donors (Lipinski definition) is 0. The molecule has 18 heavy (non-hydrogen) atoms. The summed E-state index contributed by atoms with van der Waals surface area (Å²) in [5.74, 6) is 0.786. The van der Waals surface area contributed by atoms with E-state index in [1.54, 1.807) is 0 Å². The predicted octanol–water partition coefficient (Wildman–Crippen LogP) is 3.45. The Labute approximate surface area is 110 Å². The average Bonchev–Trinajstić information content (AvgIpc) is 2.84. The molecule has 1 aliphatic heterocycles. The van der Waals surface area contributed by atoms with Gasteiger partial charge in [0, 0.05) is 18.9 Å². The van der Waals surface area contributed by atoms with Crippen molar-refractivity contribution >= 4 is 0 Å². The third-order valence-corrected chi connectivity index (χ3v) is 5.19. The molecule has 2 nitrogen and oxygen atoms in total. The average molecular weight is 244 g/mol. The first-order valence-corrected chi connectivity index (χ1v) is 7.44. The number of hydrogen-bond acceptors (Lipinski definition) is 2. The lowest BCUT2D eigenvalue weighted by atomic mass is 9.68. The van der Waals surface area contributed by atoms with Gasteiger partial charge < -0.3 is 4.90 Å². The Bertz CT molecular complexity index is 379. The smallest absolute Gasteiger partial charge is 0.0270 e. The molecule has 1 aromatic rings. The highest BCUT2D eigenvalue weighted by Gasteiger charge is 2.40. The summed E-state index contributed by atoms with van der Waals surface area (Å²) < 4.78 is 0. The third-order valence-electron chi connectivity index (χ3n) is 5.19. The van der Waals surface area contributed by atoms with Crippen molar-refractivity contribution < 1.29 is 0 Å². The van der Waals surface area contributed by atoms with Crippen molar-refractivity contribution in [2.24, 2.45) is 5.41 Å². The molecule has 2 heteroatoms. The Kier molecular flexibility index (Phi) is 3.38. The Morgan fingerprint density at radius 1 is 1.22 bits per heavy atom. The van der Waals surface area contributed by atoms with E-state index in [2.05, 4.69) is 28.9 Å². The van der Waals surface area contributed by atoms with Gasteiger partial charge in [0.1, 0.15) is 0 Å². The zero-order chi connectivity index (χ0) is 12.4. The van der Waals surface area contributed by atoms with Gasteiger partial charge in [0.25, 0.3) is 0 Å². The zero-order valence-corrected chi connectivity index (χ0v) is 11.4. The second kappa shape index (κ2) is 5.00. The molecule has 0 N–H and O–H groups in total. The summed E-state index contributed by atoms with van der Waals surface area (Å²) in [5, 5.41) is 0. The van der Waals surface area contributed by atoms with Crippen LogP contribution < -0.4 is 0 Å². The highest BCUT2D eigenvalue weighted by molar-refractivity contribution is 5.17. The van der Waals surface area contributed by atoms with Crippen LogP contribution in [0, 0.1) is 5.41 Å². The molecule has 0 atom stereocenters. The van der Waals surface area contributed by atoms with E-state index in [-0.39, 0.29) is 0 Å². The molecule has 2 fully saturated rings. The number of likely N-dealkylation sites (tertiary alicyclic amines) is 1. The molecule has 0 radical (unpaired) electrons. The van der Waals surface area contributed by atoms with Crippen molar-refractivity contribution in [1.29, 1.82) is 0 Å². The maximum atomic E-state index is 4.13. The summed E-state index contributed by atoms with van der Waals surface area (Å²) in [6.45, 7) is 6.21. The molecule has 1 aliphatic carbocycles. The molecule has 1 saturated heterocycles. The van der Waals surface area contributed by atoms with Crippen LogP contribution in [0.3, 0.4) is 0 Å². The maximum absolute atomic E-state index is 4.13. The molecule has 0 aromatic carbocycles. The van der Waals surface area contributed by atoms with Crippen LogP contribution in [0.4, 0.5) is 0 Å². The van der Waals surface area contributed by atoms with E-state index in [0.717, 1.165) is 5.92 Å². The van der Waals surface area contributed by atoms with Crippen LogP contribution >= 0.6 is 0 Å². The monoisotopic (exact) mass is 244 g/mol. The fourth-order valence-electron chi connectivity index (χ4n) is 3.90. The second-order valence-corrected chi connectivity index (χ2v) is 6.17. The van der Waals surface area contributed by atoms with Gasteiger partial charge in [-0.25, -0.2) is 0 Å². The number of aromatic nitrogens is 1. The van der Waals surface area contributed by atoms with Gasteiger partial charge in [-0.1, -0.05) is 6.92 Å². The molecular weight excluding hydrogens is 220 g/mol. The molecule has 0 unspecified atom stereocenters. The first-order chi connectivity index (χ1) is 8.81. The quantitative estimate of drug-likeness (QED) is 0.792. The SMILES string of the molecule is CCN1CCC2(CCC(c3ccncc3)CC2)C1. The number of nitrogens with zero attached hydrogens (tertiary/aromatic N) is 2. The van der Waals surface area contributed by atoms with E-state index in [4.69, 9.17) is 0 Å². The Morgan fingerprint density at radius 3 is 2.56 bits per heavy atom. The van der Waals surface area contributed by atoms with Crippen molar-refractivity contribution in [3.8, 4) is 0 Å². The minimum Gasteiger partial charge on any atom is -0.303 e. The van der Waals surface area contributed by atoms with E-state index >= 15 is 0 Å². The Hall–Kier alpha value is -0.890. The highest BCUT2D eigenvalue weighted by Crippen LogP contribution is 2.47. The molecule has 0 bridgehead atoms. The molecule has 1 aromatic heterocycles. The summed E-state index contributed by atoms with van der Waals surface area (Å²) in [7, 11) is 0. The fourth-order valence-corrected chi connectivity index (χ4v) is 3.90. The van der Waals surface area contributed by atoms with Crippen LogP contribution in [0.5, 0.6) is 0 Å². The van der Waals surface area contributed by atoms with Crippen LogP contribution in [-0.4, -0.2) is 29.5 Å². The summed E-state index contributed by atoms with van der Waals surface area (Å²) in [4.78, 5) is 6.76. The van der Waals surface area contributed by atoms with E-state index in [0.29, 0.717) is 5.41 Å². The number of rotatable bonds is 2. The van der Waals surface area contributed by atoms with Crippen molar-refractivity contribution in [3.63, 3.8) is 0 Å². The highest BCUT2D eigenvalue weighted by atomic mass is 15.1. The van der Waals surface area contributed by atoms with Gasteiger partial charge in [-0.15, -0.1) is 0 Å². The predicted molar refractivity (Wildman–Crippen MR) is 74.6 cm³/mol. The first-order valence-electron chi connectivity index (χ1n) is 7.44. The van der Waals surface area contributed by atoms with E-state index < -0.39 is 0 Å². The molecule has 2 aliphatic rings. The van der Waals surface area contributed by atoms with Crippen molar-refractivity contribution in [1.82, 2.24) is 9.88 Å².